The van der Waals surface area contributed by atoms with Gasteiger partial charge in [-0.1, -0.05) is 25.5 Å². The predicted octanol–water partition coefficient (Wildman–Crippen LogP) is 0.699. The molecule has 0 aliphatic carbocycles. The lowest BCUT2D eigenvalue weighted by molar-refractivity contribution is -0.147. The van der Waals surface area contributed by atoms with Crippen LogP contribution in [0.25, 0.3) is 0 Å². The van der Waals surface area contributed by atoms with Gasteiger partial charge in [0.05, 0.1) is 24.9 Å². The van der Waals surface area contributed by atoms with Crippen LogP contribution in [0.5, 0.6) is 5.75 Å². The molecule has 11 heteroatoms. The second-order valence-corrected chi connectivity index (χ2v) is 10.7. The normalized spacial score (nSPS) is 20.6. The van der Waals surface area contributed by atoms with Gasteiger partial charge >= 0.3 is 0 Å². The van der Waals surface area contributed by atoms with Crippen molar-refractivity contribution in [2.75, 3.05) is 39.5 Å². The monoisotopic (exact) mass is 532 g/mol. The first-order chi connectivity index (χ1) is 18.0. The number of hydrogen-bond donors (Lipinski definition) is 3. The van der Waals surface area contributed by atoms with Crippen LogP contribution in [-0.4, -0.2) is 102 Å². The van der Waals surface area contributed by atoms with E-state index in [0.717, 1.165) is 0 Å². The third kappa shape index (κ3) is 7.91. The molecule has 2 heterocycles. The number of rotatable bonds is 9. The van der Waals surface area contributed by atoms with Crippen molar-refractivity contribution in [2.45, 2.75) is 70.7 Å². The minimum absolute atomic E-state index is 0.0260. The van der Waals surface area contributed by atoms with Gasteiger partial charge in [0.15, 0.2) is 6.61 Å². The van der Waals surface area contributed by atoms with Gasteiger partial charge in [-0.2, -0.15) is 0 Å². The third-order valence-electron chi connectivity index (χ3n) is 6.36. The van der Waals surface area contributed by atoms with Crippen molar-refractivity contribution in [2.24, 2.45) is 0 Å². The summed E-state index contributed by atoms with van der Waals surface area (Å²) in [4.78, 5) is 55.3. The Labute approximate surface area is 223 Å². The molecular formula is C27H40N4O7. The molecule has 38 heavy (non-hydrogen) atoms. The third-order valence-corrected chi connectivity index (χ3v) is 6.36. The average Bonchev–Trinajstić information content (AvgIpc) is 3.27. The molecule has 3 rings (SSSR count). The standard InChI is InChI=1S/C27H40N4O7/c1-5-8-20(25(35)31-16-18(32)15-21(31)26(36)30-11-13-37-14-12-30)28-24(34)19-9-6-7-10-22(19)38-17-23(33)29-27(2,3)4/h6-7,9-10,18,20-21,32H,5,8,11-17H2,1-4H3,(H,28,34)(H,29,33)/t18-,20+,21+/m0/s1. The first kappa shape index (κ1) is 29.4. The van der Waals surface area contributed by atoms with Crippen LogP contribution in [0.3, 0.4) is 0 Å². The maximum atomic E-state index is 13.6. The maximum Gasteiger partial charge on any atom is 0.258 e. The van der Waals surface area contributed by atoms with Gasteiger partial charge in [0.1, 0.15) is 17.8 Å². The Morgan fingerprint density at radius 1 is 1.16 bits per heavy atom. The summed E-state index contributed by atoms with van der Waals surface area (Å²) in [6, 6.07) is 4.82. The molecule has 210 valence electrons. The predicted molar refractivity (Wildman–Crippen MR) is 140 cm³/mol. The zero-order valence-electron chi connectivity index (χ0n) is 22.7. The number of para-hydroxylation sites is 1. The number of carbonyl (C=O) groups is 4. The summed E-state index contributed by atoms with van der Waals surface area (Å²) in [5, 5.41) is 15.9. The Kier molecular flexibility index (Phi) is 10.1. The number of β-amino-alcohol motifs (C(OH)–C–C–N with tert-alkyl or cyclic N) is 1. The first-order valence-corrected chi connectivity index (χ1v) is 13.2. The summed E-state index contributed by atoms with van der Waals surface area (Å²) in [5.41, 5.74) is -0.234. The molecule has 0 saturated carbocycles. The van der Waals surface area contributed by atoms with Crippen molar-refractivity contribution in [1.82, 2.24) is 20.4 Å². The molecule has 2 aliphatic rings. The van der Waals surface area contributed by atoms with Gasteiger partial charge in [0.2, 0.25) is 11.8 Å². The van der Waals surface area contributed by atoms with E-state index in [1.165, 1.54) is 4.90 Å². The second kappa shape index (κ2) is 13.1. The lowest BCUT2D eigenvalue weighted by Crippen LogP contribution is -2.55. The molecule has 2 saturated heterocycles. The van der Waals surface area contributed by atoms with E-state index < -0.39 is 35.5 Å². The van der Waals surface area contributed by atoms with Crippen LogP contribution in [0.2, 0.25) is 0 Å². The van der Waals surface area contributed by atoms with Crippen molar-refractivity contribution >= 4 is 23.6 Å². The Morgan fingerprint density at radius 2 is 1.84 bits per heavy atom. The minimum Gasteiger partial charge on any atom is -0.483 e. The molecule has 4 amide bonds. The van der Waals surface area contributed by atoms with Gasteiger partial charge in [0.25, 0.3) is 11.8 Å². The van der Waals surface area contributed by atoms with E-state index in [2.05, 4.69) is 10.6 Å². The van der Waals surface area contributed by atoms with Crippen molar-refractivity contribution in [3.63, 3.8) is 0 Å². The van der Waals surface area contributed by atoms with E-state index in [0.29, 0.717) is 39.1 Å². The fourth-order valence-corrected chi connectivity index (χ4v) is 4.65. The summed E-state index contributed by atoms with van der Waals surface area (Å²) in [7, 11) is 0. The Hall–Kier alpha value is -3.18. The van der Waals surface area contributed by atoms with Crippen molar-refractivity contribution < 1.29 is 33.8 Å². The number of morpholine rings is 1. The highest BCUT2D eigenvalue weighted by molar-refractivity contribution is 6.00. The first-order valence-electron chi connectivity index (χ1n) is 13.2. The number of hydrogen-bond acceptors (Lipinski definition) is 7. The van der Waals surface area contributed by atoms with E-state index >= 15 is 0 Å². The Morgan fingerprint density at radius 3 is 2.50 bits per heavy atom. The highest BCUT2D eigenvalue weighted by Crippen LogP contribution is 2.23. The van der Waals surface area contributed by atoms with E-state index in [-0.39, 0.29) is 42.7 Å². The number of nitrogens with zero attached hydrogens (tertiary/aromatic N) is 2. The van der Waals surface area contributed by atoms with Crippen LogP contribution in [-0.2, 0) is 19.1 Å². The molecule has 1 aromatic carbocycles. The number of carbonyl (C=O) groups excluding carboxylic acids is 4. The minimum atomic E-state index is -0.893. The zero-order valence-corrected chi connectivity index (χ0v) is 22.7. The zero-order chi connectivity index (χ0) is 27.9. The highest BCUT2D eigenvalue weighted by Gasteiger charge is 2.43. The van der Waals surface area contributed by atoms with Crippen LogP contribution in [0.4, 0.5) is 0 Å². The number of nitrogens with one attached hydrogen (secondary N) is 2. The molecule has 0 spiro atoms. The van der Waals surface area contributed by atoms with Crippen molar-refractivity contribution in [1.29, 1.82) is 0 Å². The van der Waals surface area contributed by atoms with E-state index in [1.54, 1.807) is 29.2 Å². The number of likely N-dealkylation sites (tertiary alicyclic amines) is 1. The van der Waals surface area contributed by atoms with E-state index in [9.17, 15) is 24.3 Å². The highest BCUT2D eigenvalue weighted by atomic mass is 16.5. The topological polar surface area (TPSA) is 138 Å². The smallest absolute Gasteiger partial charge is 0.258 e. The lowest BCUT2D eigenvalue weighted by Gasteiger charge is -2.33. The molecule has 2 aliphatic heterocycles. The number of aliphatic hydroxyl groups excluding tert-OH is 1. The molecule has 0 radical (unpaired) electrons. The molecule has 3 atom stereocenters. The van der Waals surface area contributed by atoms with Gasteiger partial charge in [-0.3, -0.25) is 19.2 Å². The van der Waals surface area contributed by atoms with Gasteiger partial charge in [-0.25, -0.2) is 0 Å². The largest absolute Gasteiger partial charge is 0.483 e. The van der Waals surface area contributed by atoms with Crippen LogP contribution in [0.1, 0.15) is 57.3 Å². The molecule has 11 nitrogen and oxygen atoms in total. The maximum absolute atomic E-state index is 13.6. The number of aliphatic hydroxyl groups is 1. The van der Waals surface area contributed by atoms with Crippen LogP contribution < -0.4 is 15.4 Å². The molecule has 0 aromatic heterocycles. The number of ether oxygens (including phenoxy) is 2. The molecule has 0 bridgehead atoms. The Bertz CT molecular complexity index is 1000. The van der Waals surface area contributed by atoms with E-state index in [1.807, 2.05) is 27.7 Å². The van der Waals surface area contributed by atoms with Gasteiger partial charge in [0, 0.05) is 31.6 Å². The average molecular weight is 533 g/mol. The summed E-state index contributed by atoms with van der Waals surface area (Å²) in [6.45, 7) is 8.97. The molecule has 3 N–H and O–H groups in total. The summed E-state index contributed by atoms with van der Waals surface area (Å²) in [5.74, 6) is -1.26. The molecule has 1 aromatic rings. The van der Waals surface area contributed by atoms with Gasteiger partial charge < -0.3 is 35.0 Å². The van der Waals surface area contributed by atoms with Crippen molar-refractivity contribution in [3.8, 4) is 5.75 Å². The molecule has 2 fully saturated rings. The summed E-state index contributed by atoms with van der Waals surface area (Å²) in [6.07, 6.45) is 0.301. The molecule has 0 unspecified atom stereocenters. The SMILES string of the molecule is CCC[C@@H](NC(=O)c1ccccc1OCC(=O)NC(C)(C)C)C(=O)N1C[C@@H](O)C[C@@H]1C(=O)N1CCOCC1. The van der Waals surface area contributed by atoms with Crippen LogP contribution >= 0.6 is 0 Å². The van der Waals surface area contributed by atoms with Crippen LogP contribution in [0.15, 0.2) is 24.3 Å². The van der Waals surface area contributed by atoms with Crippen molar-refractivity contribution in [3.05, 3.63) is 29.8 Å². The van der Waals surface area contributed by atoms with Gasteiger partial charge in [-0.05, 0) is 39.3 Å². The molecular weight excluding hydrogens is 492 g/mol. The van der Waals surface area contributed by atoms with Crippen LogP contribution in [0, 0.1) is 0 Å². The lowest BCUT2D eigenvalue weighted by atomic mass is 10.1. The number of benzene rings is 1. The quantitative estimate of drug-likeness (QED) is 0.426. The van der Waals surface area contributed by atoms with E-state index in [4.69, 9.17) is 9.47 Å². The fraction of sp³-hybridized carbons (Fsp3) is 0.630. The summed E-state index contributed by atoms with van der Waals surface area (Å²) >= 11 is 0. The second-order valence-electron chi connectivity index (χ2n) is 10.7. The Balaban J connectivity index is 1.71. The summed E-state index contributed by atoms with van der Waals surface area (Å²) < 4.78 is 11.0. The fourth-order valence-electron chi connectivity index (χ4n) is 4.65. The number of amides is 4. The van der Waals surface area contributed by atoms with Gasteiger partial charge in [-0.15, -0.1) is 0 Å².